The molecule has 1 unspecified atom stereocenters. The second-order valence-electron chi connectivity index (χ2n) is 5.40. The molecule has 2 amide bonds. The minimum Gasteiger partial charge on any atom is -0.356 e. The van der Waals surface area contributed by atoms with Gasteiger partial charge in [0.05, 0.1) is 5.92 Å². The minimum absolute atomic E-state index is 0.0372. The van der Waals surface area contributed by atoms with E-state index in [1.807, 2.05) is 38.1 Å². The molecule has 0 heterocycles. The van der Waals surface area contributed by atoms with E-state index in [-0.39, 0.29) is 23.7 Å². The molecule has 0 aliphatic carbocycles. The molecule has 5 heteroatoms. The summed E-state index contributed by atoms with van der Waals surface area (Å²) in [6, 6.07) is 7.86. The van der Waals surface area contributed by atoms with E-state index < -0.39 is 0 Å². The molecule has 1 aromatic rings. The summed E-state index contributed by atoms with van der Waals surface area (Å²) in [6.07, 6.45) is 0.733. The Kier molecular flexibility index (Phi) is 7.43. The molecule has 0 aliphatic rings. The molecule has 0 aromatic heterocycles. The fraction of sp³-hybridized carbons (Fsp3) is 0.500. The Hall–Kier alpha value is -1.36. The van der Waals surface area contributed by atoms with Crippen molar-refractivity contribution in [2.24, 2.45) is 5.92 Å². The van der Waals surface area contributed by atoms with E-state index in [9.17, 15) is 9.59 Å². The van der Waals surface area contributed by atoms with Gasteiger partial charge in [-0.3, -0.25) is 9.59 Å². The summed E-state index contributed by atoms with van der Waals surface area (Å²) in [4.78, 5) is 23.1. The van der Waals surface area contributed by atoms with E-state index in [1.165, 1.54) is 6.92 Å². The number of halogens is 1. The number of carbonyl (C=O) groups is 2. The lowest BCUT2D eigenvalue weighted by molar-refractivity contribution is -0.123. The Morgan fingerprint density at radius 2 is 1.67 bits per heavy atom. The number of amides is 2. The molecule has 2 N–H and O–H groups in total. The first-order chi connectivity index (χ1) is 9.91. The molecule has 0 spiro atoms. The van der Waals surface area contributed by atoms with E-state index >= 15 is 0 Å². The molecule has 1 aromatic carbocycles. The zero-order valence-electron chi connectivity index (χ0n) is 12.8. The number of rotatable bonds is 7. The average molecular weight is 355 g/mol. The van der Waals surface area contributed by atoms with E-state index in [4.69, 9.17) is 0 Å². The van der Waals surface area contributed by atoms with Gasteiger partial charge in [0.15, 0.2) is 0 Å². The van der Waals surface area contributed by atoms with Gasteiger partial charge in [-0.15, -0.1) is 0 Å². The first kappa shape index (κ1) is 17.7. The summed E-state index contributed by atoms with van der Waals surface area (Å²) < 4.78 is 1.00. The lowest BCUT2D eigenvalue weighted by atomic mass is 9.87. The van der Waals surface area contributed by atoms with Gasteiger partial charge in [-0.2, -0.15) is 0 Å². The Morgan fingerprint density at radius 1 is 1.10 bits per heavy atom. The zero-order chi connectivity index (χ0) is 15.8. The van der Waals surface area contributed by atoms with Crippen LogP contribution in [0.5, 0.6) is 0 Å². The van der Waals surface area contributed by atoms with Crippen LogP contribution in [0, 0.1) is 5.92 Å². The molecule has 0 radical (unpaired) electrons. The van der Waals surface area contributed by atoms with Crippen molar-refractivity contribution >= 4 is 27.7 Å². The van der Waals surface area contributed by atoms with Gasteiger partial charge in [0.1, 0.15) is 0 Å². The van der Waals surface area contributed by atoms with Crippen molar-refractivity contribution < 1.29 is 9.59 Å². The molecule has 21 heavy (non-hydrogen) atoms. The van der Waals surface area contributed by atoms with Crippen LogP contribution in [0.15, 0.2) is 28.7 Å². The molecule has 0 saturated carbocycles. The maximum absolute atomic E-state index is 12.4. The number of nitrogens with one attached hydrogen (secondary N) is 2. The number of benzene rings is 1. The summed E-state index contributed by atoms with van der Waals surface area (Å²) in [7, 11) is 0. The predicted molar refractivity (Wildman–Crippen MR) is 88.0 cm³/mol. The smallest absolute Gasteiger partial charge is 0.227 e. The molecule has 1 rings (SSSR count). The highest BCUT2D eigenvalue weighted by Crippen LogP contribution is 2.26. The highest BCUT2D eigenvalue weighted by atomic mass is 79.9. The van der Waals surface area contributed by atoms with Gasteiger partial charge in [-0.25, -0.2) is 0 Å². The van der Waals surface area contributed by atoms with Crippen LogP contribution in [0.3, 0.4) is 0 Å². The number of hydrogen-bond donors (Lipinski definition) is 2. The van der Waals surface area contributed by atoms with Crippen LogP contribution in [0.1, 0.15) is 38.7 Å². The molecular weight excluding hydrogens is 332 g/mol. The van der Waals surface area contributed by atoms with Crippen molar-refractivity contribution in [3.63, 3.8) is 0 Å². The summed E-state index contributed by atoms with van der Waals surface area (Å²) in [6.45, 7) is 6.73. The Morgan fingerprint density at radius 3 is 2.19 bits per heavy atom. The molecule has 0 bridgehead atoms. The highest BCUT2D eigenvalue weighted by molar-refractivity contribution is 9.10. The summed E-state index contributed by atoms with van der Waals surface area (Å²) in [5, 5.41) is 5.66. The van der Waals surface area contributed by atoms with Crippen molar-refractivity contribution in [3.05, 3.63) is 34.3 Å². The van der Waals surface area contributed by atoms with E-state index in [0.29, 0.717) is 13.1 Å². The van der Waals surface area contributed by atoms with Gasteiger partial charge >= 0.3 is 0 Å². The van der Waals surface area contributed by atoms with E-state index in [2.05, 4.69) is 26.6 Å². The highest BCUT2D eigenvalue weighted by Gasteiger charge is 2.23. The van der Waals surface area contributed by atoms with Gasteiger partial charge in [-0.1, -0.05) is 41.9 Å². The van der Waals surface area contributed by atoms with Crippen molar-refractivity contribution in [2.45, 2.75) is 33.1 Å². The lowest BCUT2D eigenvalue weighted by Crippen LogP contribution is -2.34. The maximum atomic E-state index is 12.4. The van der Waals surface area contributed by atoms with Gasteiger partial charge in [0, 0.05) is 24.5 Å². The average Bonchev–Trinajstić information content (AvgIpc) is 2.40. The predicted octanol–water partition coefficient (Wildman–Crippen LogP) is 2.83. The van der Waals surface area contributed by atoms with Crippen molar-refractivity contribution in [3.8, 4) is 0 Å². The molecule has 0 saturated heterocycles. The lowest BCUT2D eigenvalue weighted by Gasteiger charge is -2.21. The zero-order valence-corrected chi connectivity index (χ0v) is 14.4. The fourth-order valence-corrected chi connectivity index (χ4v) is 2.45. The molecule has 1 atom stereocenters. The monoisotopic (exact) mass is 354 g/mol. The quantitative estimate of drug-likeness (QED) is 0.739. The van der Waals surface area contributed by atoms with Crippen molar-refractivity contribution in [2.75, 3.05) is 13.1 Å². The van der Waals surface area contributed by atoms with Crippen LogP contribution >= 0.6 is 15.9 Å². The third-order valence-electron chi connectivity index (χ3n) is 3.20. The SMILES string of the molecule is CC(=O)NCCCNC(=O)C(c1ccc(Br)cc1)C(C)C. The number of hydrogen-bond acceptors (Lipinski definition) is 2. The molecule has 0 fully saturated rings. The minimum atomic E-state index is -0.154. The summed E-state index contributed by atoms with van der Waals surface area (Å²) in [5.74, 6) is 0.0618. The van der Waals surface area contributed by atoms with Gasteiger partial charge in [0.2, 0.25) is 11.8 Å². The molecule has 0 aliphatic heterocycles. The Labute approximate surface area is 134 Å². The third kappa shape index (κ3) is 6.29. The van der Waals surface area contributed by atoms with Gasteiger partial charge < -0.3 is 10.6 Å². The van der Waals surface area contributed by atoms with Crippen LogP contribution in [0.25, 0.3) is 0 Å². The van der Waals surface area contributed by atoms with Gasteiger partial charge in [0.25, 0.3) is 0 Å². The second-order valence-corrected chi connectivity index (χ2v) is 6.32. The van der Waals surface area contributed by atoms with Crippen LogP contribution in [-0.4, -0.2) is 24.9 Å². The Balaban J connectivity index is 2.54. The third-order valence-corrected chi connectivity index (χ3v) is 3.73. The number of carbonyl (C=O) groups excluding carboxylic acids is 2. The van der Waals surface area contributed by atoms with Crippen LogP contribution in [-0.2, 0) is 9.59 Å². The van der Waals surface area contributed by atoms with E-state index in [1.54, 1.807) is 0 Å². The van der Waals surface area contributed by atoms with Crippen LogP contribution in [0.4, 0.5) is 0 Å². The van der Waals surface area contributed by atoms with Crippen molar-refractivity contribution in [1.29, 1.82) is 0 Å². The first-order valence-corrected chi connectivity index (χ1v) is 7.98. The largest absolute Gasteiger partial charge is 0.356 e. The standard InChI is InChI=1S/C16H23BrN2O2/c1-11(2)15(13-5-7-14(17)8-6-13)16(21)19-10-4-9-18-12(3)20/h5-8,11,15H,4,9-10H2,1-3H3,(H,18,20)(H,19,21). The second kappa shape index (κ2) is 8.82. The molecule has 4 nitrogen and oxygen atoms in total. The summed E-state index contributed by atoms with van der Waals surface area (Å²) in [5.41, 5.74) is 1.02. The normalized spacial score (nSPS) is 12.0. The van der Waals surface area contributed by atoms with Gasteiger partial charge in [-0.05, 0) is 30.0 Å². The molecular formula is C16H23BrN2O2. The van der Waals surface area contributed by atoms with Crippen LogP contribution < -0.4 is 10.6 Å². The van der Waals surface area contributed by atoms with Crippen molar-refractivity contribution in [1.82, 2.24) is 10.6 Å². The summed E-state index contributed by atoms with van der Waals surface area (Å²) >= 11 is 3.40. The first-order valence-electron chi connectivity index (χ1n) is 7.19. The maximum Gasteiger partial charge on any atom is 0.227 e. The Bertz CT molecular complexity index is 472. The molecule has 116 valence electrons. The van der Waals surface area contributed by atoms with Crippen LogP contribution in [0.2, 0.25) is 0 Å². The fourth-order valence-electron chi connectivity index (χ4n) is 2.18. The topological polar surface area (TPSA) is 58.2 Å². The van der Waals surface area contributed by atoms with E-state index in [0.717, 1.165) is 16.5 Å².